The molecule has 8 heteroatoms. The van der Waals surface area contributed by atoms with Crippen LogP contribution >= 0.6 is 11.3 Å². The highest BCUT2D eigenvalue weighted by Crippen LogP contribution is 2.33. The van der Waals surface area contributed by atoms with Crippen molar-refractivity contribution in [2.75, 3.05) is 12.5 Å². The van der Waals surface area contributed by atoms with E-state index in [4.69, 9.17) is 9.47 Å². The Labute approximate surface area is 161 Å². The van der Waals surface area contributed by atoms with Crippen molar-refractivity contribution in [3.05, 3.63) is 53.0 Å². The van der Waals surface area contributed by atoms with Crippen molar-refractivity contribution in [1.82, 2.24) is 0 Å². The van der Waals surface area contributed by atoms with Crippen molar-refractivity contribution < 1.29 is 27.0 Å². The predicted molar refractivity (Wildman–Crippen MR) is 103 cm³/mol. The summed E-state index contributed by atoms with van der Waals surface area (Å²) in [6.07, 6.45) is 4.25. The van der Waals surface area contributed by atoms with E-state index in [1.54, 1.807) is 11.3 Å². The number of aromatic nitrogens is 1. The summed E-state index contributed by atoms with van der Waals surface area (Å²) in [6, 6.07) is 13.7. The van der Waals surface area contributed by atoms with E-state index in [2.05, 4.69) is 4.57 Å². The number of ether oxygens (including phenoxy) is 2. The maximum atomic E-state index is 10.9. The Bertz CT molecular complexity index is 1120. The second-order valence-corrected chi connectivity index (χ2v) is 8.71. The third kappa shape index (κ3) is 4.13. The Kier molecular flexibility index (Phi) is 4.86. The van der Waals surface area contributed by atoms with Crippen LogP contribution in [0.1, 0.15) is 17.0 Å². The lowest BCUT2D eigenvalue weighted by molar-refractivity contribution is -0.668. The molecule has 4 rings (SSSR count). The van der Waals surface area contributed by atoms with E-state index in [0.717, 1.165) is 32.3 Å². The quantitative estimate of drug-likeness (QED) is 0.467. The number of thiazole rings is 1. The summed E-state index contributed by atoms with van der Waals surface area (Å²) in [5, 5.41) is 0.983. The van der Waals surface area contributed by atoms with Gasteiger partial charge in [-0.3, -0.25) is 0 Å². The third-order valence-electron chi connectivity index (χ3n) is 4.23. The zero-order chi connectivity index (χ0) is 18.9. The standard InChI is InChI=1S/C19H17NO5S2/c21-27(22,23)11-3-10-20-15-4-1-2-5-18(15)26-19(20)9-7-14-6-8-16-17(12-14)25-13-24-16/h1-2,4-9,12H,3,10-11,13H2. The van der Waals surface area contributed by atoms with Gasteiger partial charge in [-0.25, -0.2) is 8.42 Å². The molecule has 1 aliphatic heterocycles. The number of fused-ring (bicyclic) bond motifs is 2. The van der Waals surface area contributed by atoms with E-state index in [9.17, 15) is 13.0 Å². The molecule has 0 spiro atoms. The Hall–Kier alpha value is -2.42. The molecule has 0 fully saturated rings. The Balaban J connectivity index is 1.63. The van der Waals surface area contributed by atoms with Crippen LogP contribution in [0.4, 0.5) is 0 Å². The molecule has 1 aliphatic rings. The summed E-state index contributed by atoms with van der Waals surface area (Å²) in [4.78, 5) is 0. The van der Waals surface area contributed by atoms with Crippen molar-refractivity contribution in [3.8, 4) is 11.5 Å². The molecule has 0 radical (unpaired) electrons. The highest BCUT2D eigenvalue weighted by Gasteiger charge is 2.18. The molecule has 140 valence electrons. The average Bonchev–Trinajstić information content (AvgIpc) is 3.23. The zero-order valence-corrected chi connectivity index (χ0v) is 16.0. The maximum Gasteiger partial charge on any atom is 0.262 e. The normalized spacial score (nSPS) is 13.7. The van der Waals surface area contributed by atoms with Crippen LogP contribution < -0.4 is 14.0 Å². The van der Waals surface area contributed by atoms with Crippen LogP contribution in [0.3, 0.4) is 0 Å². The molecule has 0 saturated heterocycles. The van der Waals surface area contributed by atoms with Gasteiger partial charge in [-0.1, -0.05) is 29.5 Å². The van der Waals surface area contributed by atoms with Gasteiger partial charge in [-0.15, -0.1) is 0 Å². The van der Waals surface area contributed by atoms with Gasteiger partial charge in [0.2, 0.25) is 12.3 Å². The molecular weight excluding hydrogens is 386 g/mol. The largest absolute Gasteiger partial charge is 0.748 e. The molecule has 0 unspecified atom stereocenters. The van der Waals surface area contributed by atoms with Crippen LogP contribution in [-0.4, -0.2) is 25.5 Å². The first-order valence-corrected chi connectivity index (χ1v) is 10.8. The van der Waals surface area contributed by atoms with E-state index < -0.39 is 10.1 Å². The number of nitrogens with zero attached hydrogens (tertiary/aromatic N) is 1. The van der Waals surface area contributed by atoms with E-state index >= 15 is 0 Å². The number of hydrogen-bond donors (Lipinski definition) is 0. The number of benzene rings is 2. The SMILES string of the molecule is O=S(=O)([O-])CCC[n+]1c(C=Cc2ccc3c(c2)OCO3)sc2ccccc21. The smallest absolute Gasteiger partial charge is 0.262 e. The molecule has 0 bridgehead atoms. The molecule has 1 aromatic heterocycles. The molecule has 2 aromatic carbocycles. The van der Waals surface area contributed by atoms with Gasteiger partial charge < -0.3 is 14.0 Å². The van der Waals surface area contributed by atoms with Crippen LogP contribution in [0.5, 0.6) is 11.5 Å². The maximum absolute atomic E-state index is 10.9. The number of hydrogen-bond acceptors (Lipinski definition) is 6. The number of aryl methyl sites for hydroxylation is 1. The second kappa shape index (κ2) is 7.30. The van der Waals surface area contributed by atoms with Crippen LogP contribution in [0, 0.1) is 0 Å². The fraction of sp³-hybridized carbons (Fsp3) is 0.211. The van der Waals surface area contributed by atoms with Crippen LogP contribution in [0.15, 0.2) is 42.5 Å². The van der Waals surface area contributed by atoms with Gasteiger partial charge >= 0.3 is 0 Å². The minimum atomic E-state index is -4.21. The van der Waals surface area contributed by atoms with Gasteiger partial charge in [0.25, 0.3) is 5.01 Å². The molecular formula is C19H17NO5S2. The Morgan fingerprint density at radius 1 is 1.11 bits per heavy atom. The molecule has 0 amide bonds. The zero-order valence-electron chi connectivity index (χ0n) is 14.3. The van der Waals surface area contributed by atoms with Crippen LogP contribution in [-0.2, 0) is 16.7 Å². The fourth-order valence-corrected chi connectivity index (χ4v) is 4.56. The van der Waals surface area contributed by atoms with Crippen molar-refractivity contribution in [1.29, 1.82) is 0 Å². The van der Waals surface area contributed by atoms with Crippen molar-refractivity contribution in [3.63, 3.8) is 0 Å². The average molecular weight is 403 g/mol. The molecule has 3 aromatic rings. The molecule has 0 N–H and O–H groups in total. The Morgan fingerprint density at radius 3 is 2.78 bits per heavy atom. The third-order valence-corrected chi connectivity index (χ3v) is 6.15. The monoisotopic (exact) mass is 403 g/mol. The minimum absolute atomic E-state index is 0.238. The summed E-state index contributed by atoms with van der Waals surface area (Å²) < 4.78 is 46.6. The molecule has 0 saturated carbocycles. The summed E-state index contributed by atoms with van der Waals surface area (Å²) >= 11 is 1.62. The van der Waals surface area contributed by atoms with E-state index in [-0.39, 0.29) is 19.0 Å². The lowest BCUT2D eigenvalue weighted by Gasteiger charge is -2.04. The minimum Gasteiger partial charge on any atom is -0.748 e. The van der Waals surface area contributed by atoms with Gasteiger partial charge in [-0.2, -0.15) is 4.57 Å². The van der Waals surface area contributed by atoms with Gasteiger partial charge in [0.15, 0.2) is 18.0 Å². The lowest BCUT2D eigenvalue weighted by Crippen LogP contribution is -2.35. The second-order valence-electron chi connectivity index (χ2n) is 6.12. The van der Waals surface area contributed by atoms with E-state index in [1.807, 2.05) is 54.6 Å². The predicted octanol–water partition coefficient (Wildman–Crippen LogP) is 3.02. The summed E-state index contributed by atoms with van der Waals surface area (Å²) in [5.74, 6) is 1.10. The first-order chi connectivity index (χ1) is 13.0. The number of rotatable bonds is 6. The van der Waals surface area contributed by atoms with Crippen LogP contribution in [0.2, 0.25) is 0 Å². The van der Waals surface area contributed by atoms with Gasteiger partial charge in [0.05, 0.1) is 10.1 Å². The van der Waals surface area contributed by atoms with Gasteiger partial charge in [0.1, 0.15) is 4.70 Å². The lowest BCUT2D eigenvalue weighted by atomic mass is 10.2. The van der Waals surface area contributed by atoms with Crippen molar-refractivity contribution in [2.24, 2.45) is 0 Å². The molecule has 0 atom stereocenters. The molecule has 27 heavy (non-hydrogen) atoms. The molecule has 2 heterocycles. The summed E-state index contributed by atoms with van der Waals surface area (Å²) in [5.41, 5.74) is 2.00. The summed E-state index contributed by atoms with van der Waals surface area (Å²) in [6.45, 7) is 0.702. The first kappa shape index (κ1) is 18.0. The number of para-hydroxylation sites is 1. The summed E-state index contributed by atoms with van der Waals surface area (Å²) in [7, 11) is -4.21. The fourth-order valence-electron chi connectivity index (χ4n) is 2.99. The van der Waals surface area contributed by atoms with E-state index in [0.29, 0.717) is 6.54 Å². The van der Waals surface area contributed by atoms with E-state index in [1.165, 1.54) is 0 Å². The van der Waals surface area contributed by atoms with Gasteiger partial charge in [-0.05, 0) is 29.8 Å². The van der Waals surface area contributed by atoms with Crippen molar-refractivity contribution in [2.45, 2.75) is 13.0 Å². The van der Waals surface area contributed by atoms with Gasteiger partial charge in [0, 0.05) is 24.3 Å². The first-order valence-electron chi connectivity index (χ1n) is 8.42. The highest BCUT2D eigenvalue weighted by molar-refractivity contribution is 7.85. The van der Waals surface area contributed by atoms with Crippen molar-refractivity contribution >= 4 is 43.8 Å². The highest BCUT2D eigenvalue weighted by atomic mass is 32.2. The Morgan fingerprint density at radius 2 is 1.93 bits per heavy atom. The topological polar surface area (TPSA) is 79.5 Å². The van der Waals surface area contributed by atoms with Crippen LogP contribution in [0.25, 0.3) is 22.4 Å². The molecule has 0 aliphatic carbocycles. The molecule has 6 nitrogen and oxygen atoms in total.